The number of carbonyl (C=O) groups excluding carboxylic acids is 1. The Kier molecular flexibility index (Phi) is 5.04. The number of carboxylic acids is 1. The summed E-state index contributed by atoms with van der Waals surface area (Å²) in [6.07, 6.45) is 1.07. The summed E-state index contributed by atoms with van der Waals surface area (Å²) in [6.45, 7) is 3.88. The summed E-state index contributed by atoms with van der Waals surface area (Å²) in [5.74, 6) is -1.54. The van der Waals surface area contributed by atoms with E-state index >= 15 is 0 Å². The molecule has 6 heteroatoms. The number of likely N-dealkylation sites (tertiary alicyclic amines) is 1. The largest absolute Gasteiger partial charge is 0.481 e. The van der Waals surface area contributed by atoms with E-state index in [0.717, 1.165) is 0 Å². The van der Waals surface area contributed by atoms with Gasteiger partial charge in [-0.15, -0.1) is 0 Å². The summed E-state index contributed by atoms with van der Waals surface area (Å²) < 4.78 is 18.8. The summed E-state index contributed by atoms with van der Waals surface area (Å²) in [5.41, 5.74) is 0.130. The Hall–Kier alpha value is -1.95. The summed E-state index contributed by atoms with van der Waals surface area (Å²) in [4.78, 5) is 25.9. The molecule has 1 aliphatic heterocycles. The van der Waals surface area contributed by atoms with Crippen molar-refractivity contribution in [1.29, 1.82) is 0 Å². The number of hydrogen-bond acceptors (Lipinski definition) is 3. The van der Waals surface area contributed by atoms with Crippen molar-refractivity contribution in [3.05, 3.63) is 34.6 Å². The molecule has 0 radical (unpaired) electrons. The Morgan fingerprint density at radius 3 is 2.48 bits per heavy atom. The zero-order valence-electron chi connectivity index (χ0n) is 13.7. The van der Waals surface area contributed by atoms with Crippen molar-refractivity contribution >= 4 is 11.9 Å². The molecule has 1 aliphatic rings. The molecule has 1 aromatic carbocycles. The minimum atomic E-state index is -1.08. The Balaban J connectivity index is 2.27. The number of halogens is 1. The third-order valence-electron chi connectivity index (χ3n) is 4.42. The molecular weight excluding hydrogens is 301 g/mol. The molecular formula is C17H22FNO4. The van der Waals surface area contributed by atoms with E-state index in [1.165, 1.54) is 24.1 Å². The van der Waals surface area contributed by atoms with Crippen LogP contribution in [0, 0.1) is 25.1 Å². The normalized spacial score (nSPS) is 21.3. The first kappa shape index (κ1) is 17.4. The van der Waals surface area contributed by atoms with Gasteiger partial charge in [-0.3, -0.25) is 9.59 Å². The maximum atomic E-state index is 13.7. The fourth-order valence-electron chi connectivity index (χ4n) is 3.19. The minimum absolute atomic E-state index is 0.0631. The number of carboxylic acid groups (broad SMARTS) is 1. The van der Waals surface area contributed by atoms with Gasteiger partial charge in [0.1, 0.15) is 11.2 Å². The van der Waals surface area contributed by atoms with Crippen molar-refractivity contribution in [3.63, 3.8) is 0 Å². The molecule has 1 heterocycles. The average molecular weight is 323 g/mol. The van der Waals surface area contributed by atoms with E-state index in [0.29, 0.717) is 36.1 Å². The Labute approximate surface area is 135 Å². The second-order valence-corrected chi connectivity index (χ2v) is 6.27. The highest BCUT2D eigenvalue weighted by molar-refractivity contribution is 5.95. The third kappa shape index (κ3) is 3.37. The molecule has 23 heavy (non-hydrogen) atoms. The lowest BCUT2D eigenvalue weighted by Crippen LogP contribution is -2.52. The van der Waals surface area contributed by atoms with Crippen LogP contribution >= 0.6 is 0 Å². The summed E-state index contributed by atoms with van der Waals surface area (Å²) in [5, 5.41) is 9.55. The summed E-state index contributed by atoms with van der Waals surface area (Å²) >= 11 is 0. The lowest BCUT2D eigenvalue weighted by molar-refractivity contribution is -0.155. The number of amides is 1. The van der Waals surface area contributed by atoms with Gasteiger partial charge in [0.05, 0.1) is 6.61 Å². The van der Waals surface area contributed by atoms with Crippen molar-refractivity contribution in [2.24, 2.45) is 5.41 Å². The Morgan fingerprint density at radius 2 is 1.96 bits per heavy atom. The van der Waals surface area contributed by atoms with Crippen molar-refractivity contribution in [2.75, 3.05) is 26.8 Å². The van der Waals surface area contributed by atoms with E-state index in [4.69, 9.17) is 4.74 Å². The highest BCUT2D eigenvalue weighted by Gasteiger charge is 2.44. The molecule has 1 fully saturated rings. The van der Waals surface area contributed by atoms with Gasteiger partial charge in [0.2, 0.25) is 0 Å². The fourth-order valence-corrected chi connectivity index (χ4v) is 3.19. The highest BCUT2D eigenvalue weighted by Crippen LogP contribution is 2.32. The first-order chi connectivity index (χ1) is 10.8. The average Bonchev–Trinajstić information content (AvgIpc) is 2.51. The van der Waals surface area contributed by atoms with Crippen LogP contribution in [0.3, 0.4) is 0 Å². The van der Waals surface area contributed by atoms with Gasteiger partial charge in [0.25, 0.3) is 5.91 Å². The molecule has 0 bridgehead atoms. The van der Waals surface area contributed by atoms with Crippen LogP contribution in [0.4, 0.5) is 4.39 Å². The molecule has 0 aliphatic carbocycles. The van der Waals surface area contributed by atoms with Crippen LogP contribution in [0.2, 0.25) is 0 Å². The second-order valence-electron chi connectivity index (χ2n) is 6.27. The Bertz CT molecular complexity index is 604. The smallest absolute Gasteiger partial charge is 0.313 e. The Morgan fingerprint density at radius 1 is 1.35 bits per heavy atom. The number of nitrogens with zero attached hydrogens (tertiary/aromatic N) is 1. The van der Waals surface area contributed by atoms with Gasteiger partial charge in [-0.2, -0.15) is 0 Å². The molecule has 126 valence electrons. The van der Waals surface area contributed by atoms with E-state index < -0.39 is 11.4 Å². The molecule has 0 aromatic heterocycles. The number of aliphatic carboxylic acids is 1. The quantitative estimate of drug-likeness (QED) is 0.924. The van der Waals surface area contributed by atoms with Gasteiger partial charge in [-0.1, -0.05) is 0 Å². The molecule has 1 unspecified atom stereocenters. The number of hydrogen-bond donors (Lipinski definition) is 1. The number of rotatable bonds is 4. The van der Waals surface area contributed by atoms with E-state index in [1.807, 2.05) is 0 Å². The first-order valence-corrected chi connectivity index (χ1v) is 7.59. The lowest BCUT2D eigenvalue weighted by Gasteiger charge is -2.39. The zero-order chi connectivity index (χ0) is 17.2. The second kappa shape index (κ2) is 6.66. The van der Waals surface area contributed by atoms with Gasteiger partial charge in [0.15, 0.2) is 0 Å². The molecule has 0 spiro atoms. The molecule has 1 saturated heterocycles. The van der Waals surface area contributed by atoms with Gasteiger partial charge < -0.3 is 14.7 Å². The molecule has 0 saturated carbocycles. The topological polar surface area (TPSA) is 66.8 Å². The van der Waals surface area contributed by atoms with Crippen LogP contribution in [0.15, 0.2) is 12.1 Å². The number of methoxy groups -OCH3 is 1. The fraction of sp³-hybridized carbons (Fsp3) is 0.529. The number of ether oxygens (including phenoxy) is 1. The number of piperidine rings is 1. The van der Waals surface area contributed by atoms with Gasteiger partial charge in [-0.05, 0) is 49.9 Å². The number of benzene rings is 1. The summed E-state index contributed by atoms with van der Waals surface area (Å²) in [7, 11) is 1.46. The van der Waals surface area contributed by atoms with Gasteiger partial charge in [-0.25, -0.2) is 4.39 Å². The van der Waals surface area contributed by atoms with E-state index in [-0.39, 0.29) is 24.9 Å². The number of aryl methyl sites for hydroxylation is 2. The van der Waals surface area contributed by atoms with Crippen LogP contribution in [-0.4, -0.2) is 48.7 Å². The predicted molar refractivity (Wildman–Crippen MR) is 83.0 cm³/mol. The van der Waals surface area contributed by atoms with Crippen molar-refractivity contribution in [2.45, 2.75) is 26.7 Å². The molecule has 1 aromatic rings. The van der Waals surface area contributed by atoms with Crippen molar-refractivity contribution in [1.82, 2.24) is 4.90 Å². The van der Waals surface area contributed by atoms with Crippen molar-refractivity contribution in [3.8, 4) is 0 Å². The predicted octanol–water partition coefficient (Wildman–Crippen LogP) is 2.40. The first-order valence-electron chi connectivity index (χ1n) is 7.59. The minimum Gasteiger partial charge on any atom is -0.481 e. The molecule has 5 nitrogen and oxygen atoms in total. The number of carbonyl (C=O) groups is 2. The van der Waals surface area contributed by atoms with Crippen LogP contribution in [0.5, 0.6) is 0 Å². The van der Waals surface area contributed by atoms with Crippen molar-refractivity contribution < 1.29 is 23.8 Å². The molecule has 1 N–H and O–H groups in total. The van der Waals surface area contributed by atoms with Crippen LogP contribution in [0.25, 0.3) is 0 Å². The zero-order valence-corrected chi connectivity index (χ0v) is 13.7. The van der Waals surface area contributed by atoms with E-state index in [2.05, 4.69) is 0 Å². The van der Waals surface area contributed by atoms with E-state index in [9.17, 15) is 19.1 Å². The molecule has 2 rings (SSSR count). The monoisotopic (exact) mass is 323 g/mol. The maximum absolute atomic E-state index is 13.7. The van der Waals surface area contributed by atoms with Crippen LogP contribution < -0.4 is 0 Å². The standard InChI is InChI=1S/C17H22FNO4/c1-11-7-13(8-12(2)14(11)18)15(20)19-6-4-5-17(9-19,10-23-3)16(21)22/h7-8H,4-6,9-10H2,1-3H3,(H,21,22). The lowest BCUT2D eigenvalue weighted by atomic mass is 9.80. The summed E-state index contributed by atoms with van der Waals surface area (Å²) in [6, 6.07) is 3.02. The third-order valence-corrected chi connectivity index (χ3v) is 4.42. The SMILES string of the molecule is COCC1(C(=O)O)CCCN(C(=O)c2cc(C)c(F)c(C)c2)C1. The van der Waals surface area contributed by atoms with Crippen LogP contribution in [-0.2, 0) is 9.53 Å². The highest BCUT2D eigenvalue weighted by atomic mass is 19.1. The van der Waals surface area contributed by atoms with E-state index in [1.54, 1.807) is 13.8 Å². The van der Waals surface area contributed by atoms with Gasteiger partial charge in [0, 0.05) is 25.8 Å². The maximum Gasteiger partial charge on any atom is 0.313 e. The molecule has 1 amide bonds. The molecule has 1 atom stereocenters. The van der Waals surface area contributed by atoms with Crippen LogP contribution in [0.1, 0.15) is 34.3 Å². The van der Waals surface area contributed by atoms with Gasteiger partial charge >= 0.3 is 5.97 Å².